The van der Waals surface area contributed by atoms with Gasteiger partial charge in [0.1, 0.15) is 18.9 Å². The molecular formula is C20H25N2O5P. The molecule has 2 aromatic rings. The summed E-state index contributed by atoms with van der Waals surface area (Å²) in [5, 5.41) is 5.17. The van der Waals surface area contributed by atoms with Crippen molar-refractivity contribution >= 4 is 24.7 Å². The van der Waals surface area contributed by atoms with Crippen LogP contribution in [0.25, 0.3) is 0 Å². The smallest absolute Gasteiger partial charge is 0.407 e. The van der Waals surface area contributed by atoms with Gasteiger partial charge in [0, 0.05) is 5.30 Å². The van der Waals surface area contributed by atoms with Crippen molar-refractivity contribution in [3.63, 3.8) is 0 Å². The van der Waals surface area contributed by atoms with E-state index in [4.69, 9.17) is 4.74 Å². The highest BCUT2D eigenvalue weighted by Crippen LogP contribution is 2.46. The topological polar surface area (TPSA) is 105 Å². The third-order valence-electron chi connectivity index (χ3n) is 4.05. The molecule has 2 unspecified atom stereocenters. The van der Waals surface area contributed by atoms with E-state index in [1.54, 1.807) is 44.2 Å². The van der Waals surface area contributed by atoms with Crippen LogP contribution in [0.5, 0.6) is 0 Å². The molecule has 2 aromatic carbocycles. The van der Waals surface area contributed by atoms with Crippen molar-refractivity contribution in [1.82, 2.24) is 10.6 Å². The summed E-state index contributed by atoms with van der Waals surface area (Å²) in [4.78, 5) is 34.5. The van der Waals surface area contributed by atoms with Gasteiger partial charge < -0.3 is 20.3 Å². The number of amides is 2. The second-order valence-corrected chi connectivity index (χ2v) is 8.95. The molecular weight excluding hydrogens is 379 g/mol. The van der Waals surface area contributed by atoms with Crippen LogP contribution in [0, 0.1) is 5.92 Å². The fourth-order valence-electron chi connectivity index (χ4n) is 2.60. The maximum atomic E-state index is 12.9. The maximum absolute atomic E-state index is 12.9. The summed E-state index contributed by atoms with van der Waals surface area (Å²) in [5.41, 5.74) is 0.825. The number of benzene rings is 2. The molecule has 0 bridgehead atoms. The van der Waals surface area contributed by atoms with E-state index in [1.807, 2.05) is 30.3 Å². The van der Waals surface area contributed by atoms with E-state index in [-0.39, 0.29) is 24.4 Å². The minimum Gasteiger partial charge on any atom is -0.445 e. The first-order valence-electron chi connectivity index (χ1n) is 8.92. The Balaban J connectivity index is 1.88. The molecule has 150 valence electrons. The van der Waals surface area contributed by atoms with E-state index in [9.17, 15) is 19.0 Å². The molecule has 0 aliphatic rings. The molecule has 2 atom stereocenters. The second-order valence-electron chi connectivity index (χ2n) is 6.63. The van der Waals surface area contributed by atoms with Crippen molar-refractivity contribution in [3.8, 4) is 0 Å². The zero-order valence-electron chi connectivity index (χ0n) is 15.9. The van der Waals surface area contributed by atoms with Crippen LogP contribution < -0.4 is 15.9 Å². The normalized spacial score (nSPS) is 14.0. The number of nitrogens with one attached hydrogen (secondary N) is 2. The maximum Gasteiger partial charge on any atom is 0.407 e. The Morgan fingerprint density at radius 3 is 2.18 bits per heavy atom. The van der Waals surface area contributed by atoms with Crippen LogP contribution in [0.15, 0.2) is 60.7 Å². The quantitative estimate of drug-likeness (QED) is 0.587. The molecule has 3 N–H and O–H groups in total. The Morgan fingerprint density at radius 2 is 1.61 bits per heavy atom. The van der Waals surface area contributed by atoms with Crippen LogP contribution in [-0.2, 0) is 20.7 Å². The molecule has 2 amide bonds. The first-order valence-corrected chi connectivity index (χ1v) is 10.7. The average Bonchev–Trinajstić information content (AvgIpc) is 2.70. The van der Waals surface area contributed by atoms with Gasteiger partial charge in [-0.2, -0.15) is 0 Å². The van der Waals surface area contributed by atoms with Gasteiger partial charge in [0.25, 0.3) is 7.37 Å². The fraction of sp³-hybridized carbons (Fsp3) is 0.300. The van der Waals surface area contributed by atoms with Crippen molar-refractivity contribution < 1.29 is 23.8 Å². The van der Waals surface area contributed by atoms with E-state index < -0.39 is 25.2 Å². The zero-order valence-corrected chi connectivity index (χ0v) is 16.8. The van der Waals surface area contributed by atoms with Gasteiger partial charge in [0.05, 0.1) is 0 Å². The van der Waals surface area contributed by atoms with Gasteiger partial charge in [-0.25, -0.2) is 4.79 Å². The van der Waals surface area contributed by atoms with Crippen LogP contribution in [-0.4, -0.2) is 29.2 Å². The third kappa shape index (κ3) is 6.22. The lowest BCUT2D eigenvalue weighted by atomic mass is 10.2. The molecule has 0 saturated heterocycles. The predicted molar refractivity (Wildman–Crippen MR) is 107 cm³/mol. The minimum atomic E-state index is -3.84. The van der Waals surface area contributed by atoms with Gasteiger partial charge in [0.15, 0.2) is 0 Å². The predicted octanol–water partition coefficient (Wildman–Crippen LogP) is 2.61. The van der Waals surface area contributed by atoms with Gasteiger partial charge in [-0.3, -0.25) is 9.36 Å². The van der Waals surface area contributed by atoms with E-state index in [0.29, 0.717) is 0 Å². The summed E-state index contributed by atoms with van der Waals surface area (Å²) in [7, 11) is -3.84. The summed E-state index contributed by atoms with van der Waals surface area (Å²) in [6.45, 7) is 3.23. The summed E-state index contributed by atoms with van der Waals surface area (Å²) < 4.78 is 18.0. The summed E-state index contributed by atoms with van der Waals surface area (Å²) in [6, 6.07) is 17.3. The first kappa shape index (κ1) is 21.7. The highest BCUT2D eigenvalue weighted by atomic mass is 31.2. The number of carbonyl (C=O) groups excluding carboxylic acids is 2. The van der Waals surface area contributed by atoms with Crippen molar-refractivity contribution in [2.45, 2.75) is 26.2 Å². The number of carbonyl (C=O) groups is 2. The van der Waals surface area contributed by atoms with Gasteiger partial charge in [-0.05, 0) is 23.6 Å². The highest BCUT2D eigenvalue weighted by Gasteiger charge is 2.36. The van der Waals surface area contributed by atoms with Crippen LogP contribution in [0.4, 0.5) is 4.79 Å². The number of hydrogen-bond donors (Lipinski definition) is 3. The lowest BCUT2D eigenvalue weighted by Crippen LogP contribution is -2.45. The van der Waals surface area contributed by atoms with Crippen LogP contribution in [0.3, 0.4) is 0 Å². The molecule has 0 radical (unpaired) electrons. The van der Waals surface area contributed by atoms with Crippen molar-refractivity contribution in [1.29, 1.82) is 0 Å². The average molecular weight is 404 g/mol. The highest BCUT2D eigenvalue weighted by molar-refractivity contribution is 7.66. The van der Waals surface area contributed by atoms with E-state index in [0.717, 1.165) is 5.56 Å². The molecule has 0 spiro atoms. The fourth-order valence-corrected chi connectivity index (χ4v) is 4.65. The van der Waals surface area contributed by atoms with Crippen molar-refractivity contribution in [2.24, 2.45) is 5.92 Å². The molecule has 0 saturated carbocycles. The second kappa shape index (κ2) is 10.1. The largest absolute Gasteiger partial charge is 0.445 e. The third-order valence-corrected chi connectivity index (χ3v) is 6.57. The molecule has 0 aliphatic carbocycles. The van der Waals surface area contributed by atoms with E-state index >= 15 is 0 Å². The van der Waals surface area contributed by atoms with Gasteiger partial charge in [-0.1, -0.05) is 62.4 Å². The van der Waals surface area contributed by atoms with Crippen LogP contribution in [0.2, 0.25) is 0 Å². The molecule has 2 rings (SSSR count). The number of rotatable bonds is 8. The van der Waals surface area contributed by atoms with Crippen LogP contribution >= 0.6 is 7.37 Å². The molecule has 7 nitrogen and oxygen atoms in total. The van der Waals surface area contributed by atoms with Crippen LogP contribution in [0.1, 0.15) is 19.4 Å². The van der Waals surface area contributed by atoms with Gasteiger partial charge in [0.2, 0.25) is 5.91 Å². The van der Waals surface area contributed by atoms with Gasteiger partial charge in [-0.15, -0.1) is 0 Å². The van der Waals surface area contributed by atoms with Crippen molar-refractivity contribution in [3.05, 3.63) is 66.2 Å². The standard InChI is InChI=1S/C20H25N2O5P/c1-15(2)19(28(25,26)17-11-7-4-8-12-17)22-18(23)13-21-20(24)27-14-16-9-5-3-6-10-16/h3-12,15,19H,13-14H2,1-2H3,(H,21,24)(H,22,23)(H,25,26). The summed E-state index contributed by atoms with van der Waals surface area (Å²) >= 11 is 0. The molecule has 0 aromatic heterocycles. The first-order chi connectivity index (χ1) is 13.3. The van der Waals surface area contributed by atoms with Gasteiger partial charge >= 0.3 is 6.09 Å². The lowest BCUT2D eigenvalue weighted by molar-refractivity contribution is -0.120. The molecule has 0 aliphatic heterocycles. The summed E-state index contributed by atoms with van der Waals surface area (Å²) in [5.74, 6) is -1.82. The monoisotopic (exact) mass is 404 g/mol. The summed E-state index contributed by atoms with van der Waals surface area (Å²) in [6.07, 6.45) is -0.740. The SMILES string of the molecule is CC(C)C(NC(=O)CNC(=O)OCc1ccccc1)P(=O)(O)c1ccccc1. The Kier molecular flexibility index (Phi) is 7.79. The number of ether oxygens (including phenoxy) is 1. The zero-order chi connectivity index (χ0) is 20.6. The molecule has 0 fully saturated rings. The lowest BCUT2D eigenvalue weighted by Gasteiger charge is -2.27. The van der Waals surface area contributed by atoms with Crippen molar-refractivity contribution in [2.75, 3.05) is 6.54 Å². The number of alkyl carbamates (subject to hydrolysis) is 1. The Labute approximate surface area is 164 Å². The molecule has 0 heterocycles. The Hall–Kier alpha value is -2.63. The Bertz CT molecular complexity index is 827. The molecule has 28 heavy (non-hydrogen) atoms. The molecule has 8 heteroatoms. The van der Waals surface area contributed by atoms with E-state index in [2.05, 4.69) is 10.6 Å². The van der Waals surface area contributed by atoms with E-state index in [1.165, 1.54) is 0 Å². The number of hydrogen-bond acceptors (Lipinski definition) is 4. The Morgan fingerprint density at radius 1 is 1.04 bits per heavy atom. The minimum absolute atomic E-state index is 0.0861.